The van der Waals surface area contributed by atoms with E-state index < -0.39 is 24.1 Å². The first-order chi connectivity index (χ1) is 8.32. The number of carboxylic acids is 2. The van der Waals surface area contributed by atoms with Crippen molar-refractivity contribution < 1.29 is 24.9 Å². The fraction of sp³-hybridized carbons (Fsp3) is 0.500. The number of H-pyrrole nitrogens is 1. The van der Waals surface area contributed by atoms with Crippen molar-refractivity contribution in [3.63, 3.8) is 0 Å². The second kappa shape index (κ2) is 8.20. The molecule has 0 aromatic carbocycles. The third-order valence-corrected chi connectivity index (χ3v) is 1.77. The van der Waals surface area contributed by atoms with Crippen LogP contribution in [-0.4, -0.2) is 49.4 Å². The first-order valence-electron chi connectivity index (χ1n) is 5.18. The molecule has 1 unspecified atom stereocenters. The number of rotatable bonds is 5. The lowest BCUT2D eigenvalue weighted by Gasteiger charge is -2.01. The van der Waals surface area contributed by atoms with Crippen LogP contribution in [0.3, 0.4) is 0 Å². The minimum Gasteiger partial charge on any atom is -0.481 e. The third-order valence-electron chi connectivity index (χ3n) is 1.77. The number of nitrogens with two attached hydrogens (primary N) is 1. The summed E-state index contributed by atoms with van der Waals surface area (Å²) in [6.07, 6.45) is 2.49. The molecule has 0 radical (unpaired) electrons. The summed E-state index contributed by atoms with van der Waals surface area (Å²) in [6, 6.07) is -0.863. The Bertz CT molecular complexity index is 364. The minimum atomic E-state index is -1.01. The van der Waals surface area contributed by atoms with Crippen LogP contribution in [0.2, 0.25) is 0 Å². The topological polar surface area (TPSA) is 150 Å². The van der Waals surface area contributed by atoms with Crippen LogP contribution in [0, 0.1) is 0 Å². The number of aromatic nitrogens is 2. The maximum atomic E-state index is 10.3. The molecule has 2 atom stereocenters. The van der Waals surface area contributed by atoms with Gasteiger partial charge in [0, 0.05) is 12.6 Å². The Kier molecular flexibility index (Phi) is 7.32. The van der Waals surface area contributed by atoms with Crippen molar-refractivity contribution in [3.8, 4) is 0 Å². The molecule has 102 valence electrons. The molecule has 0 aliphatic carbocycles. The largest absolute Gasteiger partial charge is 0.481 e. The number of hydrogen-bond donors (Lipinski definition) is 5. The predicted octanol–water partition coefficient (Wildman–Crippen LogP) is -0.794. The maximum Gasteiger partial charge on any atom is 0.320 e. The van der Waals surface area contributed by atoms with E-state index in [0.29, 0.717) is 5.69 Å². The van der Waals surface area contributed by atoms with Crippen LogP contribution >= 0.6 is 0 Å². The van der Waals surface area contributed by atoms with Gasteiger partial charge in [0.25, 0.3) is 0 Å². The van der Waals surface area contributed by atoms with Crippen LogP contribution < -0.4 is 5.73 Å². The zero-order valence-corrected chi connectivity index (χ0v) is 9.91. The van der Waals surface area contributed by atoms with Gasteiger partial charge in [0.05, 0.1) is 24.5 Å². The number of hydrogen-bond acceptors (Lipinski definition) is 5. The Morgan fingerprint density at radius 3 is 2.39 bits per heavy atom. The van der Waals surface area contributed by atoms with Gasteiger partial charge in [-0.25, -0.2) is 4.98 Å². The lowest BCUT2D eigenvalue weighted by Crippen LogP contribution is -2.32. The number of carboxylic acid groups (broad SMARTS) is 2. The highest BCUT2D eigenvalue weighted by Gasteiger charge is 2.12. The molecule has 0 saturated heterocycles. The SMILES string of the molecule is CC(O)CC(=O)O.N[C@@H](Cc1c[nH]cn1)C(=O)O. The van der Waals surface area contributed by atoms with Crippen molar-refractivity contribution in [2.75, 3.05) is 0 Å². The molecule has 0 spiro atoms. The Morgan fingerprint density at radius 2 is 2.11 bits per heavy atom. The Labute approximate surface area is 103 Å². The summed E-state index contributed by atoms with van der Waals surface area (Å²) >= 11 is 0. The van der Waals surface area contributed by atoms with Crippen molar-refractivity contribution in [1.82, 2.24) is 9.97 Å². The lowest BCUT2D eigenvalue weighted by atomic mass is 10.2. The summed E-state index contributed by atoms with van der Waals surface area (Å²) in [4.78, 5) is 26.5. The fourth-order valence-corrected chi connectivity index (χ4v) is 0.968. The van der Waals surface area contributed by atoms with E-state index in [-0.39, 0.29) is 12.8 Å². The van der Waals surface area contributed by atoms with Crippen molar-refractivity contribution in [2.45, 2.75) is 31.9 Å². The molecule has 0 bridgehead atoms. The molecular weight excluding hydrogens is 242 g/mol. The van der Waals surface area contributed by atoms with Crippen LogP contribution in [0.25, 0.3) is 0 Å². The monoisotopic (exact) mass is 259 g/mol. The number of aliphatic hydroxyl groups excluding tert-OH is 1. The molecule has 0 fully saturated rings. The van der Waals surface area contributed by atoms with Crippen LogP contribution in [0.15, 0.2) is 12.5 Å². The van der Waals surface area contributed by atoms with Gasteiger partial charge in [-0.1, -0.05) is 0 Å². The molecule has 0 saturated carbocycles. The highest BCUT2D eigenvalue weighted by Crippen LogP contribution is 1.95. The predicted molar refractivity (Wildman–Crippen MR) is 61.8 cm³/mol. The zero-order valence-electron chi connectivity index (χ0n) is 9.91. The normalized spacial score (nSPS) is 13.1. The van der Waals surface area contributed by atoms with Crippen LogP contribution in [0.5, 0.6) is 0 Å². The maximum absolute atomic E-state index is 10.3. The van der Waals surface area contributed by atoms with Crippen molar-refractivity contribution in [3.05, 3.63) is 18.2 Å². The molecule has 0 aliphatic heterocycles. The van der Waals surface area contributed by atoms with Gasteiger partial charge in [0.15, 0.2) is 0 Å². The van der Waals surface area contributed by atoms with Gasteiger partial charge in [-0.3, -0.25) is 9.59 Å². The lowest BCUT2D eigenvalue weighted by molar-refractivity contribution is -0.139. The molecule has 1 heterocycles. The first-order valence-corrected chi connectivity index (χ1v) is 5.18. The van der Waals surface area contributed by atoms with E-state index in [1.165, 1.54) is 13.3 Å². The number of aliphatic carboxylic acids is 2. The number of aliphatic hydroxyl groups is 1. The van der Waals surface area contributed by atoms with E-state index in [1.807, 2.05) is 0 Å². The second-order valence-electron chi connectivity index (χ2n) is 3.66. The molecule has 1 rings (SSSR count). The Balaban J connectivity index is 0.000000360. The quantitative estimate of drug-likeness (QED) is 0.464. The fourth-order valence-electron chi connectivity index (χ4n) is 0.968. The van der Waals surface area contributed by atoms with Gasteiger partial charge in [-0.15, -0.1) is 0 Å². The van der Waals surface area contributed by atoms with Gasteiger partial charge in [-0.2, -0.15) is 0 Å². The molecule has 6 N–H and O–H groups in total. The van der Waals surface area contributed by atoms with Crippen molar-refractivity contribution in [1.29, 1.82) is 0 Å². The van der Waals surface area contributed by atoms with E-state index >= 15 is 0 Å². The molecule has 1 aromatic heterocycles. The summed E-state index contributed by atoms with van der Waals surface area (Å²) in [6.45, 7) is 1.44. The molecule has 0 aliphatic rings. The summed E-state index contributed by atoms with van der Waals surface area (Å²) < 4.78 is 0. The average Bonchev–Trinajstić information content (AvgIpc) is 2.68. The van der Waals surface area contributed by atoms with Gasteiger partial charge in [0.2, 0.25) is 0 Å². The molecule has 1 aromatic rings. The zero-order chi connectivity index (χ0) is 14.1. The molecule has 8 nitrogen and oxygen atoms in total. The molecule has 18 heavy (non-hydrogen) atoms. The van der Waals surface area contributed by atoms with E-state index in [4.69, 9.17) is 21.1 Å². The highest BCUT2D eigenvalue weighted by molar-refractivity contribution is 5.73. The Hall–Kier alpha value is -1.93. The number of imidazole rings is 1. The van der Waals surface area contributed by atoms with Crippen molar-refractivity contribution >= 4 is 11.9 Å². The van der Waals surface area contributed by atoms with Crippen LogP contribution in [-0.2, 0) is 16.0 Å². The molecule has 0 amide bonds. The summed E-state index contributed by atoms with van der Waals surface area (Å²) in [5, 5.41) is 24.7. The number of nitrogens with zero attached hydrogens (tertiary/aromatic N) is 1. The summed E-state index contributed by atoms with van der Waals surface area (Å²) in [5.74, 6) is -1.97. The Morgan fingerprint density at radius 1 is 1.50 bits per heavy atom. The van der Waals surface area contributed by atoms with Gasteiger partial charge in [-0.05, 0) is 6.92 Å². The standard InChI is InChI=1S/C6H9N3O2.C4H8O3/c7-5(6(10)11)1-4-2-8-3-9-4;1-3(5)2-4(6)7/h2-3,5H,1,7H2,(H,8,9)(H,10,11);3,5H,2H2,1H3,(H,6,7)/t5-;/m0./s1. The van der Waals surface area contributed by atoms with Gasteiger partial charge < -0.3 is 26.0 Å². The van der Waals surface area contributed by atoms with E-state index in [2.05, 4.69) is 9.97 Å². The third kappa shape index (κ3) is 8.25. The summed E-state index contributed by atoms with van der Waals surface area (Å²) in [5.41, 5.74) is 5.92. The number of carbonyl (C=O) groups is 2. The van der Waals surface area contributed by atoms with Crippen molar-refractivity contribution in [2.24, 2.45) is 5.73 Å². The van der Waals surface area contributed by atoms with E-state index in [0.717, 1.165) is 0 Å². The molecular formula is C10H17N3O5. The van der Waals surface area contributed by atoms with E-state index in [9.17, 15) is 9.59 Å². The first kappa shape index (κ1) is 16.1. The smallest absolute Gasteiger partial charge is 0.320 e. The van der Waals surface area contributed by atoms with Crippen LogP contribution in [0.1, 0.15) is 19.0 Å². The summed E-state index contributed by atoms with van der Waals surface area (Å²) in [7, 11) is 0. The number of nitrogens with one attached hydrogen (secondary N) is 1. The van der Waals surface area contributed by atoms with Gasteiger partial charge in [0.1, 0.15) is 6.04 Å². The average molecular weight is 259 g/mol. The van der Waals surface area contributed by atoms with E-state index in [1.54, 1.807) is 6.20 Å². The number of aromatic amines is 1. The molecule has 8 heteroatoms. The van der Waals surface area contributed by atoms with Crippen LogP contribution in [0.4, 0.5) is 0 Å². The second-order valence-corrected chi connectivity index (χ2v) is 3.66. The minimum absolute atomic E-state index is 0.167. The highest BCUT2D eigenvalue weighted by atomic mass is 16.4. The van der Waals surface area contributed by atoms with Gasteiger partial charge >= 0.3 is 11.9 Å².